The Morgan fingerprint density at radius 3 is 2.41 bits per heavy atom. The fourth-order valence-electron chi connectivity index (χ4n) is 2.18. The Bertz CT molecular complexity index is 897. The van der Waals surface area contributed by atoms with Gasteiger partial charge in [0.25, 0.3) is 0 Å². The number of ether oxygens (including phenoxy) is 1. The van der Waals surface area contributed by atoms with Gasteiger partial charge in [-0.1, -0.05) is 27.7 Å². The molecule has 0 bridgehead atoms. The van der Waals surface area contributed by atoms with E-state index in [2.05, 4.69) is 36.8 Å². The van der Waals surface area contributed by atoms with Crippen molar-refractivity contribution in [1.29, 1.82) is 0 Å². The van der Waals surface area contributed by atoms with Crippen LogP contribution in [0.5, 0.6) is 11.5 Å². The molecule has 3 aromatic rings. The van der Waals surface area contributed by atoms with Crippen LogP contribution in [0.1, 0.15) is 19.9 Å². The predicted octanol–water partition coefficient (Wildman–Crippen LogP) is 4.54. The highest BCUT2D eigenvalue weighted by Gasteiger charge is 2.12. The molecule has 0 atom stereocenters. The molecule has 140 valence electrons. The summed E-state index contributed by atoms with van der Waals surface area (Å²) in [6, 6.07) is 14.9. The molecule has 0 saturated carbocycles. The molecule has 0 radical (unpaired) electrons. The van der Waals surface area contributed by atoms with Gasteiger partial charge in [-0.3, -0.25) is 4.79 Å². The zero-order valence-electron chi connectivity index (χ0n) is 14.8. The number of tetrazole rings is 1. The first kappa shape index (κ1) is 19.4. The minimum absolute atomic E-state index is 0.125. The molecule has 1 N–H and O–H groups in total. The molecule has 7 nitrogen and oxygen atoms in total. The van der Waals surface area contributed by atoms with Gasteiger partial charge in [0.1, 0.15) is 11.5 Å². The van der Waals surface area contributed by atoms with Crippen molar-refractivity contribution in [1.82, 2.24) is 20.2 Å². The van der Waals surface area contributed by atoms with E-state index in [4.69, 9.17) is 4.74 Å². The van der Waals surface area contributed by atoms with Crippen molar-refractivity contribution < 1.29 is 9.53 Å². The number of hydrogen-bond donors (Lipinski definition) is 1. The van der Waals surface area contributed by atoms with Crippen molar-refractivity contribution >= 4 is 39.3 Å². The van der Waals surface area contributed by atoms with Gasteiger partial charge >= 0.3 is 0 Å². The zero-order valence-corrected chi connectivity index (χ0v) is 17.2. The topological polar surface area (TPSA) is 81.9 Å². The smallest absolute Gasteiger partial charge is 0.234 e. The molecule has 1 aromatic heterocycles. The Balaban J connectivity index is 1.52. The van der Waals surface area contributed by atoms with Gasteiger partial charge in [0.05, 0.1) is 11.8 Å². The SMILES string of the molecule is CC(C)n1nnnc1SCC(=O)Nc1ccc(Oc2ccc(Br)cc2)cc1. The zero-order chi connectivity index (χ0) is 19.2. The van der Waals surface area contributed by atoms with E-state index in [1.165, 1.54) is 11.8 Å². The van der Waals surface area contributed by atoms with Crippen molar-refractivity contribution in [2.24, 2.45) is 0 Å². The fourth-order valence-corrected chi connectivity index (χ4v) is 3.25. The quantitative estimate of drug-likeness (QED) is 0.535. The molecular formula is C18H18BrN5O2S. The van der Waals surface area contributed by atoms with Crippen molar-refractivity contribution in [3.63, 3.8) is 0 Å². The molecule has 0 unspecified atom stereocenters. The minimum atomic E-state index is -0.125. The van der Waals surface area contributed by atoms with Gasteiger partial charge in [0.15, 0.2) is 0 Å². The van der Waals surface area contributed by atoms with Gasteiger partial charge in [-0.05, 0) is 72.8 Å². The minimum Gasteiger partial charge on any atom is -0.457 e. The molecule has 1 amide bonds. The Morgan fingerprint density at radius 1 is 1.15 bits per heavy atom. The van der Waals surface area contributed by atoms with Crippen molar-refractivity contribution in [3.8, 4) is 11.5 Å². The van der Waals surface area contributed by atoms with Gasteiger partial charge in [-0.15, -0.1) is 5.10 Å². The number of carbonyl (C=O) groups excluding carboxylic acids is 1. The summed E-state index contributed by atoms with van der Waals surface area (Å²) in [6.07, 6.45) is 0. The van der Waals surface area contributed by atoms with Crippen LogP contribution < -0.4 is 10.1 Å². The third-order valence-electron chi connectivity index (χ3n) is 3.47. The van der Waals surface area contributed by atoms with Crippen LogP contribution in [0.4, 0.5) is 5.69 Å². The van der Waals surface area contributed by atoms with E-state index in [-0.39, 0.29) is 17.7 Å². The van der Waals surface area contributed by atoms with Crippen LogP contribution in [-0.2, 0) is 4.79 Å². The second-order valence-corrected chi connectivity index (χ2v) is 7.78. The number of rotatable bonds is 7. The molecule has 0 aliphatic rings. The number of nitrogens with zero attached hydrogens (tertiary/aromatic N) is 4. The number of nitrogens with one attached hydrogen (secondary N) is 1. The lowest BCUT2D eigenvalue weighted by atomic mass is 10.3. The molecule has 0 fully saturated rings. The maximum absolute atomic E-state index is 12.2. The second-order valence-electron chi connectivity index (χ2n) is 5.92. The number of carbonyl (C=O) groups is 1. The summed E-state index contributed by atoms with van der Waals surface area (Å²) in [4.78, 5) is 12.2. The first-order valence-corrected chi connectivity index (χ1v) is 10.0. The summed E-state index contributed by atoms with van der Waals surface area (Å²) in [5.41, 5.74) is 0.701. The summed E-state index contributed by atoms with van der Waals surface area (Å²) in [5, 5.41) is 15.0. The highest BCUT2D eigenvalue weighted by atomic mass is 79.9. The first-order chi connectivity index (χ1) is 13.0. The van der Waals surface area contributed by atoms with Gasteiger partial charge in [-0.2, -0.15) is 0 Å². The van der Waals surface area contributed by atoms with Crippen molar-refractivity contribution in [3.05, 3.63) is 53.0 Å². The average molecular weight is 448 g/mol. The molecule has 27 heavy (non-hydrogen) atoms. The summed E-state index contributed by atoms with van der Waals surface area (Å²) in [7, 11) is 0. The van der Waals surface area contributed by atoms with E-state index in [0.29, 0.717) is 16.6 Å². The predicted molar refractivity (Wildman–Crippen MR) is 108 cm³/mol. The third-order valence-corrected chi connectivity index (χ3v) is 4.93. The Kier molecular flexibility index (Phi) is 6.46. The maximum Gasteiger partial charge on any atom is 0.234 e. The Hall–Kier alpha value is -2.39. The lowest BCUT2D eigenvalue weighted by Crippen LogP contribution is -2.15. The number of halogens is 1. The monoisotopic (exact) mass is 447 g/mol. The summed E-state index contributed by atoms with van der Waals surface area (Å²) in [5.74, 6) is 1.54. The number of amides is 1. The van der Waals surface area contributed by atoms with E-state index in [0.717, 1.165) is 10.2 Å². The second kappa shape index (κ2) is 9.01. The number of hydrogen-bond acceptors (Lipinski definition) is 6. The van der Waals surface area contributed by atoms with Gasteiger partial charge in [0.2, 0.25) is 11.1 Å². The number of benzene rings is 2. The highest BCUT2D eigenvalue weighted by molar-refractivity contribution is 9.10. The van der Waals surface area contributed by atoms with Crippen LogP contribution in [0.2, 0.25) is 0 Å². The largest absolute Gasteiger partial charge is 0.457 e. The van der Waals surface area contributed by atoms with E-state index in [9.17, 15) is 4.79 Å². The van der Waals surface area contributed by atoms with Crippen molar-refractivity contribution in [2.45, 2.75) is 25.0 Å². The van der Waals surface area contributed by atoms with Crippen molar-refractivity contribution in [2.75, 3.05) is 11.1 Å². The van der Waals surface area contributed by atoms with E-state index >= 15 is 0 Å². The van der Waals surface area contributed by atoms with Crippen LogP contribution in [0.25, 0.3) is 0 Å². The molecule has 0 aliphatic carbocycles. The van der Waals surface area contributed by atoms with Gasteiger partial charge in [-0.25, -0.2) is 4.68 Å². The summed E-state index contributed by atoms with van der Waals surface area (Å²) >= 11 is 4.69. The van der Waals surface area contributed by atoms with E-state index in [1.54, 1.807) is 16.8 Å². The van der Waals surface area contributed by atoms with Crippen LogP contribution in [0.15, 0.2) is 58.2 Å². The first-order valence-electron chi connectivity index (χ1n) is 8.25. The van der Waals surface area contributed by atoms with Gasteiger partial charge in [0, 0.05) is 10.2 Å². The lowest BCUT2D eigenvalue weighted by Gasteiger charge is -2.09. The van der Waals surface area contributed by atoms with Crippen LogP contribution in [0, 0.1) is 0 Å². The molecular weight excluding hydrogens is 430 g/mol. The van der Waals surface area contributed by atoms with Crippen LogP contribution in [0.3, 0.4) is 0 Å². The highest BCUT2D eigenvalue weighted by Crippen LogP contribution is 2.25. The number of aromatic nitrogens is 4. The molecule has 0 spiro atoms. The molecule has 1 heterocycles. The van der Waals surface area contributed by atoms with E-state index in [1.807, 2.05) is 50.2 Å². The van der Waals surface area contributed by atoms with E-state index < -0.39 is 0 Å². The van der Waals surface area contributed by atoms with Crippen LogP contribution >= 0.6 is 27.7 Å². The number of thioether (sulfide) groups is 1. The number of anilines is 1. The lowest BCUT2D eigenvalue weighted by molar-refractivity contribution is -0.113. The molecule has 0 saturated heterocycles. The average Bonchev–Trinajstić information content (AvgIpc) is 3.12. The molecule has 2 aromatic carbocycles. The normalized spacial score (nSPS) is 10.8. The van der Waals surface area contributed by atoms with Gasteiger partial charge < -0.3 is 10.1 Å². The Morgan fingerprint density at radius 2 is 1.78 bits per heavy atom. The molecule has 0 aliphatic heterocycles. The molecule has 3 rings (SSSR count). The standard InChI is InChI=1S/C18H18BrN5O2S/c1-12(2)24-18(21-22-23-24)27-11-17(25)20-14-5-9-16(10-6-14)26-15-7-3-13(19)4-8-15/h3-10,12H,11H2,1-2H3,(H,20,25). The summed E-state index contributed by atoms with van der Waals surface area (Å²) < 4.78 is 8.44. The van der Waals surface area contributed by atoms with Crippen LogP contribution in [-0.4, -0.2) is 31.9 Å². The third kappa shape index (κ3) is 5.54. The maximum atomic E-state index is 12.2. The molecule has 9 heteroatoms. The summed E-state index contributed by atoms with van der Waals surface area (Å²) in [6.45, 7) is 3.97. The fraction of sp³-hybridized carbons (Fsp3) is 0.222. The Labute approximate surface area is 169 Å².